The van der Waals surface area contributed by atoms with Crippen LogP contribution in [0, 0.1) is 0 Å². The second kappa shape index (κ2) is 8.15. The van der Waals surface area contributed by atoms with Crippen LogP contribution in [0.2, 0.25) is 0 Å². The normalized spacial score (nSPS) is 11.4. The van der Waals surface area contributed by atoms with E-state index in [4.69, 9.17) is 5.73 Å². The number of unbranched alkanes of at least 4 members (excludes halogenated alkanes) is 2. The lowest BCUT2D eigenvalue weighted by molar-refractivity contribution is 0.220. The minimum Gasteiger partial charge on any atom is -0.399 e. The van der Waals surface area contributed by atoms with Crippen LogP contribution in [0.4, 0.5) is 5.69 Å². The number of nitrogen functional groups attached to an aromatic ring is 1. The molecule has 0 radical (unpaired) electrons. The smallest absolute Gasteiger partial charge is 0.0314 e. The van der Waals surface area contributed by atoms with Crippen molar-refractivity contribution >= 4 is 5.69 Å². The minimum atomic E-state index is 0.635. The van der Waals surface area contributed by atoms with Gasteiger partial charge in [0.1, 0.15) is 0 Å². The Labute approximate surface area is 112 Å². The Morgan fingerprint density at radius 2 is 1.72 bits per heavy atom. The first kappa shape index (κ1) is 15.0. The third-order valence-electron chi connectivity index (χ3n) is 3.45. The SMILES string of the molecule is CCCCCN(CCc1ccc(N)cc1)C(C)C. The van der Waals surface area contributed by atoms with Gasteiger partial charge in [-0.05, 0) is 50.9 Å². The fourth-order valence-corrected chi connectivity index (χ4v) is 2.15. The monoisotopic (exact) mass is 248 g/mol. The fraction of sp³-hybridized carbons (Fsp3) is 0.625. The third kappa shape index (κ3) is 5.54. The summed E-state index contributed by atoms with van der Waals surface area (Å²) in [5, 5.41) is 0. The molecule has 1 rings (SSSR count). The Balaban J connectivity index is 2.39. The maximum atomic E-state index is 5.70. The zero-order chi connectivity index (χ0) is 13.4. The predicted molar refractivity (Wildman–Crippen MR) is 80.8 cm³/mol. The highest BCUT2D eigenvalue weighted by Gasteiger charge is 2.08. The molecule has 0 aliphatic carbocycles. The average molecular weight is 248 g/mol. The Kier molecular flexibility index (Phi) is 6.81. The summed E-state index contributed by atoms with van der Waals surface area (Å²) in [6.45, 7) is 9.20. The highest BCUT2D eigenvalue weighted by atomic mass is 15.1. The van der Waals surface area contributed by atoms with Gasteiger partial charge in [0, 0.05) is 18.3 Å². The lowest BCUT2D eigenvalue weighted by Gasteiger charge is -2.26. The molecule has 0 atom stereocenters. The molecule has 0 saturated carbocycles. The lowest BCUT2D eigenvalue weighted by atomic mass is 10.1. The van der Waals surface area contributed by atoms with Gasteiger partial charge >= 0.3 is 0 Å². The number of benzene rings is 1. The maximum absolute atomic E-state index is 5.70. The summed E-state index contributed by atoms with van der Waals surface area (Å²) in [5.41, 5.74) is 7.93. The molecule has 0 amide bonds. The van der Waals surface area contributed by atoms with Crippen molar-refractivity contribution in [3.05, 3.63) is 29.8 Å². The number of nitrogens with two attached hydrogens (primary N) is 1. The van der Waals surface area contributed by atoms with Crippen LogP contribution >= 0.6 is 0 Å². The highest BCUT2D eigenvalue weighted by Crippen LogP contribution is 2.09. The minimum absolute atomic E-state index is 0.635. The summed E-state index contributed by atoms with van der Waals surface area (Å²) in [4.78, 5) is 2.58. The predicted octanol–water partition coefficient (Wildman–Crippen LogP) is 3.71. The van der Waals surface area contributed by atoms with Crippen LogP contribution < -0.4 is 5.73 Å². The quantitative estimate of drug-likeness (QED) is 0.561. The molecule has 0 saturated heterocycles. The van der Waals surface area contributed by atoms with Gasteiger partial charge in [0.05, 0.1) is 0 Å². The van der Waals surface area contributed by atoms with Crippen LogP contribution in [-0.2, 0) is 6.42 Å². The molecule has 2 nitrogen and oxygen atoms in total. The molecule has 0 aromatic heterocycles. The molecule has 1 aromatic rings. The molecule has 1 aromatic carbocycles. The van der Waals surface area contributed by atoms with Crippen LogP contribution in [0.15, 0.2) is 24.3 Å². The summed E-state index contributed by atoms with van der Waals surface area (Å²) in [6.07, 6.45) is 5.07. The van der Waals surface area contributed by atoms with Crippen LogP contribution in [-0.4, -0.2) is 24.0 Å². The fourth-order valence-electron chi connectivity index (χ4n) is 2.15. The molecular weight excluding hydrogens is 220 g/mol. The van der Waals surface area contributed by atoms with Crippen molar-refractivity contribution in [2.45, 2.75) is 52.5 Å². The Bertz CT molecular complexity index is 316. The topological polar surface area (TPSA) is 29.3 Å². The standard InChI is InChI=1S/C16H28N2/c1-4-5-6-12-18(14(2)3)13-11-15-7-9-16(17)10-8-15/h7-10,14H,4-6,11-13,17H2,1-3H3. The molecule has 102 valence electrons. The van der Waals surface area contributed by atoms with Gasteiger partial charge in [0.25, 0.3) is 0 Å². The summed E-state index contributed by atoms with van der Waals surface area (Å²) in [6, 6.07) is 8.90. The third-order valence-corrected chi connectivity index (χ3v) is 3.45. The largest absolute Gasteiger partial charge is 0.399 e. The summed E-state index contributed by atoms with van der Waals surface area (Å²) < 4.78 is 0. The van der Waals surface area contributed by atoms with E-state index in [9.17, 15) is 0 Å². The zero-order valence-electron chi connectivity index (χ0n) is 12.2. The lowest BCUT2D eigenvalue weighted by Crippen LogP contribution is -2.33. The van der Waals surface area contributed by atoms with E-state index in [0.717, 1.165) is 18.7 Å². The van der Waals surface area contributed by atoms with E-state index in [2.05, 4.69) is 37.8 Å². The molecule has 0 aliphatic heterocycles. The first-order valence-corrected chi connectivity index (χ1v) is 7.22. The van der Waals surface area contributed by atoms with Gasteiger partial charge in [-0.3, -0.25) is 0 Å². The van der Waals surface area contributed by atoms with Crippen molar-refractivity contribution in [2.75, 3.05) is 18.8 Å². The van der Waals surface area contributed by atoms with Crippen LogP contribution in [0.1, 0.15) is 45.6 Å². The molecule has 2 heteroatoms. The van der Waals surface area contributed by atoms with Crippen LogP contribution in [0.5, 0.6) is 0 Å². The average Bonchev–Trinajstić information content (AvgIpc) is 2.35. The number of hydrogen-bond donors (Lipinski definition) is 1. The van der Waals surface area contributed by atoms with Crippen molar-refractivity contribution in [3.63, 3.8) is 0 Å². The van der Waals surface area contributed by atoms with Crippen molar-refractivity contribution in [1.29, 1.82) is 0 Å². The van der Waals surface area contributed by atoms with E-state index >= 15 is 0 Å². The van der Waals surface area contributed by atoms with E-state index in [1.54, 1.807) is 0 Å². The Morgan fingerprint density at radius 1 is 1.06 bits per heavy atom. The van der Waals surface area contributed by atoms with Crippen molar-refractivity contribution in [2.24, 2.45) is 0 Å². The van der Waals surface area contributed by atoms with Gasteiger partial charge in [-0.15, -0.1) is 0 Å². The second-order valence-electron chi connectivity index (χ2n) is 5.33. The number of rotatable bonds is 8. The van der Waals surface area contributed by atoms with Gasteiger partial charge in [0.15, 0.2) is 0 Å². The Hall–Kier alpha value is -1.02. The van der Waals surface area contributed by atoms with Gasteiger partial charge in [-0.2, -0.15) is 0 Å². The van der Waals surface area contributed by atoms with Crippen molar-refractivity contribution in [3.8, 4) is 0 Å². The van der Waals surface area contributed by atoms with E-state index in [-0.39, 0.29) is 0 Å². The van der Waals surface area contributed by atoms with Gasteiger partial charge < -0.3 is 10.6 Å². The van der Waals surface area contributed by atoms with Crippen LogP contribution in [0.3, 0.4) is 0 Å². The van der Waals surface area contributed by atoms with E-state index < -0.39 is 0 Å². The molecule has 0 fully saturated rings. The van der Waals surface area contributed by atoms with Gasteiger partial charge in [-0.25, -0.2) is 0 Å². The summed E-state index contributed by atoms with van der Waals surface area (Å²) in [5.74, 6) is 0. The first-order chi connectivity index (χ1) is 8.63. The Morgan fingerprint density at radius 3 is 2.28 bits per heavy atom. The molecule has 2 N–H and O–H groups in total. The first-order valence-electron chi connectivity index (χ1n) is 7.22. The number of nitrogens with zero attached hydrogens (tertiary/aromatic N) is 1. The molecule has 0 spiro atoms. The molecule has 0 heterocycles. The highest BCUT2D eigenvalue weighted by molar-refractivity contribution is 5.39. The van der Waals surface area contributed by atoms with E-state index in [1.807, 2.05) is 12.1 Å². The maximum Gasteiger partial charge on any atom is 0.0314 e. The number of hydrogen-bond acceptors (Lipinski definition) is 2. The molecule has 0 unspecified atom stereocenters. The van der Waals surface area contributed by atoms with Crippen LogP contribution in [0.25, 0.3) is 0 Å². The zero-order valence-corrected chi connectivity index (χ0v) is 12.2. The summed E-state index contributed by atoms with van der Waals surface area (Å²) >= 11 is 0. The summed E-state index contributed by atoms with van der Waals surface area (Å²) in [7, 11) is 0. The molecule has 18 heavy (non-hydrogen) atoms. The van der Waals surface area contributed by atoms with E-state index in [1.165, 1.54) is 31.4 Å². The van der Waals surface area contributed by atoms with Gasteiger partial charge in [0.2, 0.25) is 0 Å². The number of anilines is 1. The second-order valence-corrected chi connectivity index (χ2v) is 5.33. The van der Waals surface area contributed by atoms with E-state index in [0.29, 0.717) is 6.04 Å². The molecule has 0 aliphatic rings. The van der Waals surface area contributed by atoms with Crippen molar-refractivity contribution in [1.82, 2.24) is 4.90 Å². The van der Waals surface area contributed by atoms with Crippen molar-refractivity contribution < 1.29 is 0 Å². The molecule has 0 bridgehead atoms. The molecular formula is C16H28N2. The van der Waals surface area contributed by atoms with Gasteiger partial charge in [-0.1, -0.05) is 31.9 Å².